The molecule has 2 aromatic carbocycles. The molecule has 2 heteroatoms. The number of allylic oxidation sites excluding steroid dienone is 1. The average molecular weight is 252 g/mol. The molecule has 0 radical (unpaired) electrons. The summed E-state index contributed by atoms with van der Waals surface area (Å²) < 4.78 is 5.65. The molecule has 96 valence electrons. The van der Waals surface area contributed by atoms with Crippen molar-refractivity contribution in [2.75, 3.05) is 0 Å². The van der Waals surface area contributed by atoms with Crippen molar-refractivity contribution < 1.29 is 9.53 Å². The highest BCUT2D eigenvalue weighted by molar-refractivity contribution is 5.73. The second-order valence-electron chi connectivity index (χ2n) is 4.22. The van der Waals surface area contributed by atoms with Gasteiger partial charge in [-0.15, -0.1) is 0 Å². The molecule has 0 amide bonds. The van der Waals surface area contributed by atoms with Gasteiger partial charge >= 0.3 is 0 Å². The minimum Gasteiger partial charge on any atom is -0.372 e. The fourth-order valence-corrected chi connectivity index (χ4v) is 1.74. The molecule has 0 aliphatic heterocycles. The molecule has 0 fully saturated rings. The maximum Gasteiger partial charge on any atom is 0.142 e. The highest BCUT2D eigenvalue weighted by Gasteiger charge is 1.95. The van der Waals surface area contributed by atoms with Gasteiger partial charge in [-0.2, -0.15) is 0 Å². The number of carbonyl (C=O) groups is 1. The Morgan fingerprint density at radius 2 is 1.47 bits per heavy atom. The molecule has 0 aromatic heterocycles. The van der Waals surface area contributed by atoms with E-state index in [0.717, 1.165) is 17.4 Å². The summed E-state index contributed by atoms with van der Waals surface area (Å²) in [5, 5.41) is 0. The zero-order chi connectivity index (χ0) is 13.3. The van der Waals surface area contributed by atoms with Crippen LogP contribution < -0.4 is 0 Å². The third kappa shape index (κ3) is 4.53. The van der Waals surface area contributed by atoms with E-state index in [4.69, 9.17) is 4.74 Å². The summed E-state index contributed by atoms with van der Waals surface area (Å²) in [5.74, 6) is 0. The van der Waals surface area contributed by atoms with E-state index in [0.29, 0.717) is 13.2 Å². The molecule has 0 aliphatic carbocycles. The third-order valence-corrected chi connectivity index (χ3v) is 2.73. The maximum absolute atomic E-state index is 10.2. The average Bonchev–Trinajstić information content (AvgIpc) is 2.47. The van der Waals surface area contributed by atoms with Crippen LogP contribution in [0.5, 0.6) is 0 Å². The van der Waals surface area contributed by atoms with Crippen molar-refractivity contribution in [2.45, 2.75) is 13.2 Å². The fraction of sp³-hybridized carbons (Fsp3) is 0.118. The van der Waals surface area contributed by atoms with E-state index in [9.17, 15) is 4.79 Å². The van der Waals surface area contributed by atoms with Gasteiger partial charge < -0.3 is 4.74 Å². The van der Waals surface area contributed by atoms with Crippen LogP contribution in [-0.2, 0) is 22.7 Å². The summed E-state index contributed by atoms with van der Waals surface area (Å²) in [5.41, 5.74) is 3.31. The molecule has 0 aliphatic rings. The predicted molar refractivity (Wildman–Crippen MR) is 76.5 cm³/mol. The largest absolute Gasteiger partial charge is 0.372 e. The zero-order valence-electron chi connectivity index (χ0n) is 10.7. The van der Waals surface area contributed by atoms with Crippen LogP contribution in [0.4, 0.5) is 0 Å². The summed E-state index contributed by atoms with van der Waals surface area (Å²) in [4.78, 5) is 10.2. The standard InChI is InChI=1S/C17H16O2/c18-12-4-7-15-8-10-17(11-9-15)14-19-13-16-5-2-1-3-6-16/h1-12H,13-14H2. The van der Waals surface area contributed by atoms with E-state index in [-0.39, 0.29) is 0 Å². The van der Waals surface area contributed by atoms with Gasteiger partial charge in [-0.3, -0.25) is 4.79 Å². The quantitative estimate of drug-likeness (QED) is 0.580. The number of benzene rings is 2. The number of carbonyl (C=O) groups excluding carboxylic acids is 1. The molecular weight excluding hydrogens is 236 g/mol. The molecule has 0 N–H and O–H groups in total. The first-order valence-electron chi connectivity index (χ1n) is 6.21. The molecule has 0 heterocycles. The molecule has 0 unspecified atom stereocenters. The van der Waals surface area contributed by atoms with Crippen molar-refractivity contribution in [1.29, 1.82) is 0 Å². The van der Waals surface area contributed by atoms with Crippen molar-refractivity contribution >= 4 is 12.4 Å². The highest BCUT2D eigenvalue weighted by atomic mass is 16.5. The van der Waals surface area contributed by atoms with Crippen molar-refractivity contribution in [1.82, 2.24) is 0 Å². The topological polar surface area (TPSA) is 26.3 Å². The summed E-state index contributed by atoms with van der Waals surface area (Å²) in [6.45, 7) is 1.21. The number of rotatable bonds is 6. The van der Waals surface area contributed by atoms with Crippen LogP contribution in [0.3, 0.4) is 0 Å². The Labute approximate surface area is 113 Å². The molecule has 0 atom stereocenters. The van der Waals surface area contributed by atoms with E-state index in [2.05, 4.69) is 0 Å². The Hall–Kier alpha value is -2.19. The SMILES string of the molecule is O=CC=Cc1ccc(COCc2ccccc2)cc1. The molecule has 2 rings (SSSR count). The molecule has 0 bridgehead atoms. The van der Waals surface area contributed by atoms with Gasteiger partial charge in [0, 0.05) is 0 Å². The van der Waals surface area contributed by atoms with Gasteiger partial charge in [0.05, 0.1) is 13.2 Å². The number of hydrogen-bond acceptors (Lipinski definition) is 2. The zero-order valence-corrected chi connectivity index (χ0v) is 10.7. The Kier molecular flexibility index (Phi) is 5.08. The molecular formula is C17H16O2. The van der Waals surface area contributed by atoms with Crippen molar-refractivity contribution in [3.63, 3.8) is 0 Å². The van der Waals surface area contributed by atoms with Crippen LogP contribution in [0.2, 0.25) is 0 Å². The molecule has 0 saturated carbocycles. The Bertz CT molecular complexity index is 527. The number of aldehydes is 1. The molecule has 0 saturated heterocycles. The first-order valence-corrected chi connectivity index (χ1v) is 6.21. The Morgan fingerprint density at radius 1 is 0.842 bits per heavy atom. The van der Waals surface area contributed by atoms with Gasteiger partial charge in [-0.1, -0.05) is 60.7 Å². The van der Waals surface area contributed by atoms with E-state index in [1.54, 1.807) is 6.08 Å². The number of ether oxygens (including phenoxy) is 1. The monoisotopic (exact) mass is 252 g/mol. The minimum atomic E-state index is 0.590. The number of hydrogen-bond donors (Lipinski definition) is 0. The first kappa shape index (κ1) is 13.2. The minimum absolute atomic E-state index is 0.590. The molecule has 19 heavy (non-hydrogen) atoms. The molecule has 2 nitrogen and oxygen atoms in total. The Balaban J connectivity index is 1.83. The van der Waals surface area contributed by atoms with Crippen molar-refractivity contribution in [3.8, 4) is 0 Å². The third-order valence-electron chi connectivity index (χ3n) is 2.73. The predicted octanol–water partition coefficient (Wildman–Crippen LogP) is 3.62. The van der Waals surface area contributed by atoms with Gasteiger partial charge in [-0.25, -0.2) is 0 Å². The Morgan fingerprint density at radius 3 is 2.11 bits per heavy atom. The van der Waals surface area contributed by atoms with Crippen LogP contribution in [0, 0.1) is 0 Å². The molecule has 0 spiro atoms. The first-order chi connectivity index (χ1) is 9.38. The molecule has 2 aromatic rings. The summed E-state index contributed by atoms with van der Waals surface area (Å²) in [7, 11) is 0. The van der Waals surface area contributed by atoms with E-state index < -0.39 is 0 Å². The lowest BCUT2D eigenvalue weighted by molar-refractivity contribution is -0.104. The van der Waals surface area contributed by atoms with Crippen molar-refractivity contribution in [3.05, 3.63) is 77.4 Å². The van der Waals surface area contributed by atoms with Gasteiger partial charge in [0.2, 0.25) is 0 Å². The lowest BCUT2D eigenvalue weighted by Crippen LogP contribution is -1.93. The van der Waals surface area contributed by atoms with Crippen LogP contribution in [0.25, 0.3) is 6.08 Å². The summed E-state index contributed by atoms with van der Waals surface area (Å²) >= 11 is 0. The maximum atomic E-state index is 10.2. The second kappa shape index (κ2) is 7.29. The van der Waals surface area contributed by atoms with Crippen LogP contribution in [0.1, 0.15) is 16.7 Å². The summed E-state index contributed by atoms with van der Waals surface area (Å²) in [6, 6.07) is 18.1. The lowest BCUT2D eigenvalue weighted by atomic mass is 10.1. The van der Waals surface area contributed by atoms with Crippen LogP contribution >= 0.6 is 0 Å². The van der Waals surface area contributed by atoms with E-state index in [1.165, 1.54) is 11.6 Å². The van der Waals surface area contributed by atoms with Crippen molar-refractivity contribution in [2.24, 2.45) is 0 Å². The van der Waals surface area contributed by atoms with Gasteiger partial charge in [0.1, 0.15) is 6.29 Å². The normalized spacial score (nSPS) is 10.7. The summed E-state index contributed by atoms with van der Waals surface area (Å²) in [6.07, 6.45) is 4.04. The van der Waals surface area contributed by atoms with Crippen LogP contribution in [-0.4, -0.2) is 6.29 Å². The highest BCUT2D eigenvalue weighted by Crippen LogP contribution is 2.09. The van der Waals surface area contributed by atoms with Gasteiger partial charge in [-0.05, 0) is 22.8 Å². The second-order valence-corrected chi connectivity index (χ2v) is 4.22. The smallest absolute Gasteiger partial charge is 0.142 e. The van der Waals surface area contributed by atoms with Crippen LogP contribution in [0.15, 0.2) is 60.7 Å². The van der Waals surface area contributed by atoms with Gasteiger partial charge in [0.15, 0.2) is 0 Å². The van der Waals surface area contributed by atoms with E-state index in [1.807, 2.05) is 54.6 Å². The fourth-order valence-electron chi connectivity index (χ4n) is 1.74. The van der Waals surface area contributed by atoms with E-state index >= 15 is 0 Å². The lowest BCUT2D eigenvalue weighted by Gasteiger charge is -2.05. The van der Waals surface area contributed by atoms with Gasteiger partial charge in [0.25, 0.3) is 0 Å².